The Hall–Kier alpha value is 0.761. The Kier molecular flexibility index (Phi) is 7.60. The van der Waals surface area contributed by atoms with Gasteiger partial charge in [0.05, 0.1) is 5.02 Å². The number of rotatable bonds is 4. The van der Waals surface area contributed by atoms with Gasteiger partial charge in [-0.1, -0.05) is 17.7 Å². The van der Waals surface area contributed by atoms with Gasteiger partial charge in [-0.15, -0.1) is 5.46 Å². The number of benzene rings is 1. The molecule has 1 rings (SSSR count). The van der Waals surface area contributed by atoms with Crippen LogP contribution in [0.25, 0.3) is 0 Å². The first kappa shape index (κ1) is 16.8. The molecule has 0 aromatic heterocycles. The fourth-order valence-electron chi connectivity index (χ4n) is 0.957. The van der Waals surface area contributed by atoms with Crippen LogP contribution in [0.4, 0.5) is 12.9 Å². The van der Waals surface area contributed by atoms with Crippen LogP contribution in [0.1, 0.15) is 0 Å². The molecule has 0 saturated heterocycles. The first-order chi connectivity index (χ1) is 6.95. The summed E-state index contributed by atoms with van der Waals surface area (Å²) in [5, 5.41) is 0.121. The molecular formula is C8H8BClF3KO2. The van der Waals surface area contributed by atoms with Crippen LogP contribution in [-0.2, 0) is 4.74 Å². The number of methoxy groups -OCH3 is 1. The predicted molar refractivity (Wildman–Crippen MR) is 52.7 cm³/mol. The van der Waals surface area contributed by atoms with Crippen LogP contribution in [0, 0.1) is 0 Å². The van der Waals surface area contributed by atoms with Gasteiger partial charge in [0.25, 0.3) is 0 Å². The molecule has 0 bridgehead atoms. The van der Waals surface area contributed by atoms with Crippen molar-refractivity contribution in [2.24, 2.45) is 0 Å². The molecule has 0 aliphatic rings. The Bertz CT molecular complexity index is 349. The van der Waals surface area contributed by atoms with Crippen molar-refractivity contribution in [3.8, 4) is 5.75 Å². The largest absolute Gasteiger partial charge is 1.00 e. The molecule has 16 heavy (non-hydrogen) atoms. The third-order valence-electron chi connectivity index (χ3n) is 1.67. The summed E-state index contributed by atoms with van der Waals surface area (Å²) in [4.78, 5) is 0. The Morgan fingerprint density at radius 2 is 1.94 bits per heavy atom. The van der Waals surface area contributed by atoms with Crippen molar-refractivity contribution < 1.29 is 73.8 Å². The molecule has 84 valence electrons. The van der Waals surface area contributed by atoms with Crippen molar-refractivity contribution in [1.29, 1.82) is 0 Å². The van der Waals surface area contributed by atoms with Crippen molar-refractivity contribution in [3.05, 3.63) is 23.2 Å². The van der Waals surface area contributed by atoms with E-state index in [0.717, 1.165) is 18.2 Å². The van der Waals surface area contributed by atoms with Gasteiger partial charge < -0.3 is 22.4 Å². The molecular weight excluding hydrogens is 270 g/mol. The van der Waals surface area contributed by atoms with Crippen molar-refractivity contribution in [2.45, 2.75) is 0 Å². The van der Waals surface area contributed by atoms with Crippen molar-refractivity contribution in [3.63, 3.8) is 0 Å². The van der Waals surface area contributed by atoms with E-state index in [4.69, 9.17) is 16.3 Å². The molecule has 0 N–H and O–H groups in total. The first-order valence-electron chi connectivity index (χ1n) is 4.06. The van der Waals surface area contributed by atoms with Crippen molar-refractivity contribution in [1.82, 2.24) is 0 Å². The summed E-state index contributed by atoms with van der Waals surface area (Å²) in [5.41, 5.74) is -0.745. The van der Waals surface area contributed by atoms with Gasteiger partial charge in [0, 0.05) is 7.11 Å². The summed E-state index contributed by atoms with van der Waals surface area (Å²) >= 11 is 5.64. The molecule has 0 radical (unpaired) electrons. The minimum absolute atomic E-state index is 0. The van der Waals surface area contributed by atoms with Gasteiger partial charge in [-0.2, -0.15) is 0 Å². The number of hydrogen-bond acceptors (Lipinski definition) is 2. The average molecular weight is 279 g/mol. The molecule has 1 aromatic rings. The van der Waals surface area contributed by atoms with Gasteiger partial charge in [-0.3, -0.25) is 0 Å². The standard InChI is InChI=1S/C8H8BClF3O2.K/c1-14-5-15-8-4-6(9(11,12)13)2-3-7(8)10;/h2-4H,5H2,1H3;/q-1;+1. The monoisotopic (exact) mass is 278 g/mol. The quantitative estimate of drug-likeness (QED) is 0.540. The summed E-state index contributed by atoms with van der Waals surface area (Å²) in [6.45, 7) is -5.18. The molecule has 0 heterocycles. The Morgan fingerprint density at radius 3 is 2.44 bits per heavy atom. The van der Waals surface area contributed by atoms with E-state index in [9.17, 15) is 12.9 Å². The molecule has 0 saturated carbocycles. The molecule has 0 aliphatic heterocycles. The van der Waals surface area contributed by atoms with E-state index in [-0.39, 0.29) is 68.9 Å². The van der Waals surface area contributed by atoms with Crippen LogP contribution in [0.5, 0.6) is 5.75 Å². The minimum Gasteiger partial charge on any atom is -0.466 e. The van der Waals surface area contributed by atoms with Gasteiger partial charge in [0.15, 0.2) is 6.79 Å². The number of ether oxygens (including phenoxy) is 2. The van der Waals surface area contributed by atoms with Crippen LogP contribution in [0.15, 0.2) is 18.2 Å². The van der Waals surface area contributed by atoms with E-state index in [0.29, 0.717) is 0 Å². The summed E-state index contributed by atoms with van der Waals surface area (Å²) in [7, 11) is 1.37. The molecule has 0 spiro atoms. The first-order valence-corrected chi connectivity index (χ1v) is 4.44. The Morgan fingerprint density at radius 1 is 1.31 bits per heavy atom. The third-order valence-corrected chi connectivity index (χ3v) is 1.98. The van der Waals surface area contributed by atoms with Crippen LogP contribution in [-0.4, -0.2) is 20.9 Å². The second kappa shape index (κ2) is 7.25. The molecule has 0 atom stereocenters. The normalized spacial score (nSPS) is 10.8. The topological polar surface area (TPSA) is 18.5 Å². The molecule has 0 aliphatic carbocycles. The molecule has 0 unspecified atom stereocenters. The van der Waals surface area contributed by atoms with Gasteiger partial charge in [-0.05, 0) is 12.1 Å². The molecule has 0 fully saturated rings. The summed E-state index contributed by atoms with van der Waals surface area (Å²) < 4.78 is 46.5. The zero-order valence-corrected chi connectivity index (χ0v) is 12.7. The van der Waals surface area contributed by atoms with E-state index < -0.39 is 12.4 Å². The average Bonchev–Trinajstić information content (AvgIpc) is 2.15. The SMILES string of the molecule is COCOc1cc([B-](F)(F)F)ccc1Cl.[K+]. The van der Waals surface area contributed by atoms with Gasteiger partial charge in [0.1, 0.15) is 5.75 Å². The van der Waals surface area contributed by atoms with E-state index >= 15 is 0 Å². The van der Waals surface area contributed by atoms with E-state index in [1.807, 2.05) is 0 Å². The maximum atomic E-state index is 12.4. The summed E-state index contributed by atoms with van der Waals surface area (Å²) in [6.07, 6.45) is 0. The molecule has 2 nitrogen and oxygen atoms in total. The molecule has 0 amide bonds. The Labute approximate surface area is 139 Å². The maximum Gasteiger partial charge on any atom is 1.00 e. The number of halogens is 4. The minimum atomic E-state index is -5.04. The summed E-state index contributed by atoms with van der Waals surface area (Å²) in [6, 6.07) is 2.93. The predicted octanol–water partition coefficient (Wildman–Crippen LogP) is -0.619. The third kappa shape index (κ3) is 4.95. The van der Waals surface area contributed by atoms with Crippen molar-refractivity contribution in [2.75, 3.05) is 13.9 Å². The molecule has 1 aromatic carbocycles. The van der Waals surface area contributed by atoms with Crippen LogP contribution in [0.2, 0.25) is 5.02 Å². The van der Waals surface area contributed by atoms with Gasteiger partial charge >= 0.3 is 58.4 Å². The van der Waals surface area contributed by atoms with Crippen molar-refractivity contribution >= 4 is 24.0 Å². The molecule has 8 heteroatoms. The van der Waals surface area contributed by atoms with Crippen LogP contribution in [0.3, 0.4) is 0 Å². The smallest absolute Gasteiger partial charge is 0.466 e. The van der Waals surface area contributed by atoms with Gasteiger partial charge in [-0.25, -0.2) is 0 Å². The van der Waals surface area contributed by atoms with E-state index in [2.05, 4.69) is 4.74 Å². The zero-order valence-electron chi connectivity index (χ0n) is 8.84. The van der Waals surface area contributed by atoms with Crippen LogP contribution < -0.4 is 61.6 Å². The Balaban J connectivity index is 0.00000225. The maximum absolute atomic E-state index is 12.4. The zero-order chi connectivity index (χ0) is 11.5. The van der Waals surface area contributed by atoms with Gasteiger partial charge in [0.2, 0.25) is 0 Å². The summed E-state index contributed by atoms with van der Waals surface area (Å²) in [5.74, 6) is -0.0322. The van der Waals surface area contributed by atoms with Crippen LogP contribution >= 0.6 is 11.6 Å². The number of hydrogen-bond donors (Lipinski definition) is 0. The second-order valence-electron chi connectivity index (χ2n) is 2.82. The fourth-order valence-corrected chi connectivity index (χ4v) is 1.13. The van der Waals surface area contributed by atoms with E-state index in [1.54, 1.807) is 0 Å². The second-order valence-corrected chi connectivity index (χ2v) is 3.22. The fraction of sp³-hybridized carbons (Fsp3) is 0.250. The van der Waals surface area contributed by atoms with E-state index in [1.165, 1.54) is 7.11 Å².